The average molecular weight is 292 g/mol. The predicted molar refractivity (Wildman–Crippen MR) is 74.3 cm³/mol. The summed E-state index contributed by atoms with van der Waals surface area (Å²) in [7, 11) is -1.24. The summed E-state index contributed by atoms with van der Waals surface area (Å²) in [5, 5.41) is 8.67. The molecule has 1 N–H and O–H groups in total. The van der Waals surface area contributed by atoms with Crippen molar-refractivity contribution in [1.29, 1.82) is 0 Å². The molecule has 1 unspecified atom stereocenters. The molecule has 0 radical (unpaired) electrons. The van der Waals surface area contributed by atoms with Gasteiger partial charge in [0.2, 0.25) is 0 Å². The van der Waals surface area contributed by atoms with E-state index in [0.29, 0.717) is 16.2 Å². The SMILES string of the molecule is O=C(O)Cc1ccc(CS(=O)c2ccc(F)cc2)cc1. The molecule has 2 aromatic carbocycles. The van der Waals surface area contributed by atoms with Crippen molar-refractivity contribution < 1.29 is 18.5 Å². The van der Waals surface area contributed by atoms with Gasteiger partial charge in [0.15, 0.2) is 0 Å². The maximum absolute atomic E-state index is 12.8. The number of benzene rings is 2. The Bertz CT molecular complexity index is 621. The van der Waals surface area contributed by atoms with Gasteiger partial charge in [-0.3, -0.25) is 9.00 Å². The van der Waals surface area contributed by atoms with E-state index in [1.165, 1.54) is 24.3 Å². The van der Waals surface area contributed by atoms with Crippen LogP contribution in [0.2, 0.25) is 0 Å². The summed E-state index contributed by atoms with van der Waals surface area (Å²) in [5.74, 6) is -0.921. The Morgan fingerprint density at radius 2 is 1.55 bits per heavy atom. The number of carboxylic acids is 1. The molecule has 3 nitrogen and oxygen atoms in total. The number of hydrogen-bond donors (Lipinski definition) is 1. The number of carboxylic acid groups (broad SMARTS) is 1. The lowest BCUT2D eigenvalue weighted by Crippen LogP contribution is -2.01. The highest BCUT2D eigenvalue weighted by Gasteiger charge is 2.06. The van der Waals surface area contributed by atoms with E-state index in [2.05, 4.69) is 0 Å². The second-order valence-electron chi connectivity index (χ2n) is 4.33. The van der Waals surface area contributed by atoms with Gasteiger partial charge in [0.05, 0.1) is 23.0 Å². The first-order valence-electron chi connectivity index (χ1n) is 5.98. The van der Waals surface area contributed by atoms with Crippen molar-refractivity contribution in [2.75, 3.05) is 0 Å². The molecule has 0 aliphatic carbocycles. The molecule has 0 bridgehead atoms. The lowest BCUT2D eigenvalue weighted by Gasteiger charge is -2.04. The molecule has 0 fully saturated rings. The summed E-state index contributed by atoms with van der Waals surface area (Å²) in [4.78, 5) is 11.1. The van der Waals surface area contributed by atoms with E-state index < -0.39 is 16.8 Å². The van der Waals surface area contributed by atoms with Crippen LogP contribution in [0.15, 0.2) is 53.4 Å². The van der Waals surface area contributed by atoms with Crippen LogP contribution in [-0.2, 0) is 27.8 Å². The zero-order valence-electron chi connectivity index (χ0n) is 10.6. The molecule has 0 saturated heterocycles. The van der Waals surface area contributed by atoms with Gasteiger partial charge in [0.25, 0.3) is 0 Å². The molecule has 1 atom stereocenters. The first-order chi connectivity index (χ1) is 9.54. The summed E-state index contributed by atoms with van der Waals surface area (Å²) < 4.78 is 24.9. The van der Waals surface area contributed by atoms with Crippen molar-refractivity contribution in [1.82, 2.24) is 0 Å². The molecule has 2 aromatic rings. The smallest absolute Gasteiger partial charge is 0.307 e. The second kappa shape index (κ2) is 6.43. The van der Waals surface area contributed by atoms with Crippen LogP contribution in [-0.4, -0.2) is 15.3 Å². The fraction of sp³-hybridized carbons (Fsp3) is 0.133. The summed E-state index contributed by atoms with van der Waals surface area (Å²) in [6, 6.07) is 12.5. The van der Waals surface area contributed by atoms with Crippen LogP contribution >= 0.6 is 0 Å². The Morgan fingerprint density at radius 3 is 2.10 bits per heavy atom. The van der Waals surface area contributed by atoms with E-state index >= 15 is 0 Å². The molecule has 0 saturated carbocycles. The first-order valence-corrected chi connectivity index (χ1v) is 7.30. The van der Waals surface area contributed by atoms with Gasteiger partial charge in [-0.05, 0) is 35.4 Å². The van der Waals surface area contributed by atoms with E-state index in [0.717, 1.165) is 5.56 Å². The van der Waals surface area contributed by atoms with Crippen LogP contribution in [0.1, 0.15) is 11.1 Å². The zero-order chi connectivity index (χ0) is 14.5. The molecule has 0 aliphatic heterocycles. The first kappa shape index (κ1) is 14.4. The van der Waals surface area contributed by atoms with Gasteiger partial charge in [0.1, 0.15) is 5.82 Å². The lowest BCUT2D eigenvalue weighted by atomic mass is 10.1. The van der Waals surface area contributed by atoms with Crippen molar-refractivity contribution in [3.05, 3.63) is 65.5 Å². The minimum atomic E-state index is -1.24. The minimum absolute atomic E-state index is 0.0265. The Labute approximate surface area is 118 Å². The number of carbonyl (C=O) groups is 1. The van der Waals surface area contributed by atoms with Gasteiger partial charge in [0, 0.05) is 4.90 Å². The topological polar surface area (TPSA) is 54.4 Å². The largest absolute Gasteiger partial charge is 0.481 e. The van der Waals surface area contributed by atoms with Crippen molar-refractivity contribution in [2.45, 2.75) is 17.1 Å². The maximum atomic E-state index is 12.8. The van der Waals surface area contributed by atoms with E-state index in [1.54, 1.807) is 24.3 Å². The van der Waals surface area contributed by atoms with Crippen molar-refractivity contribution >= 4 is 16.8 Å². The quantitative estimate of drug-likeness (QED) is 0.922. The Kier molecular flexibility index (Phi) is 4.63. The van der Waals surface area contributed by atoms with E-state index in [9.17, 15) is 13.4 Å². The van der Waals surface area contributed by atoms with Gasteiger partial charge < -0.3 is 5.11 Å². The Balaban J connectivity index is 2.04. The van der Waals surface area contributed by atoms with Crippen LogP contribution < -0.4 is 0 Å². The maximum Gasteiger partial charge on any atom is 0.307 e. The molecular weight excluding hydrogens is 279 g/mol. The highest BCUT2D eigenvalue weighted by atomic mass is 32.2. The minimum Gasteiger partial charge on any atom is -0.481 e. The molecule has 0 aliphatic rings. The van der Waals surface area contributed by atoms with Crippen molar-refractivity contribution in [3.8, 4) is 0 Å². The summed E-state index contributed by atoms with van der Waals surface area (Å²) >= 11 is 0. The van der Waals surface area contributed by atoms with E-state index in [-0.39, 0.29) is 12.2 Å². The second-order valence-corrected chi connectivity index (χ2v) is 5.78. The van der Waals surface area contributed by atoms with Gasteiger partial charge >= 0.3 is 5.97 Å². The number of halogens is 1. The van der Waals surface area contributed by atoms with Gasteiger partial charge in [-0.15, -0.1) is 0 Å². The Morgan fingerprint density at radius 1 is 1.00 bits per heavy atom. The van der Waals surface area contributed by atoms with Crippen molar-refractivity contribution in [3.63, 3.8) is 0 Å². The lowest BCUT2D eigenvalue weighted by molar-refractivity contribution is -0.136. The van der Waals surface area contributed by atoms with Gasteiger partial charge in [-0.1, -0.05) is 24.3 Å². The molecule has 20 heavy (non-hydrogen) atoms. The molecule has 0 heterocycles. The normalized spacial score (nSPS) is 12.1. The third-order valence-electron chi connectivity index (χ3n) is 2.75. The third kappa shape index (κ3) is 3.99. The molecular formula is C15H13FO3S. The molecule has 0 spiro atoms. The number of rotatable bonds is 5. The van der Waals surface area contributed by atoms with E-state index in [1.807, 2.05) is 0 Å². The molecule has 104 valence electrons. The van der Waals surface area contributed by atoms with Gasteiger partial charge in [-0.25, -0.2) is 4.39 Å². The van der Waals surface area contributed by atoms with Crippen molar-refractivity contribution in [2.24, 2.45) is 0 Å². The number of hydrogen-bond acceptors (Lipinski definition) is 2. The monoisotopic (exact) mass is 292 g/mol. The Hall–Kier alpha value is -2.01. The molecule has 5 heteroatoms. The standard InChI is InChI=1S/C15H13FO3S/c16-13-5-7-14(8-6-13)20(19)10-12-3-1-11(2-4-12)9-15(17)18/h1-8H,9-10H2,(H,17,18). The fourth-order valence-corrected chi connectivity index (χ4v) is 2.85. The van der Waals surface area contributed by atoms with E-state index in [4.69, 9.17) is 5.11 Å². The predicted octanol–water partition coefficient (Wildman–Crippen LogP) is 2.76. The summed E-state index contributed by atoms with van der Waals surface area (Å²) in [5.41, 5.74) is 1.55. The average Bonchev–Trinajstić information content (AvgIpc) is 2.41. The van der Waals surface area contributed by atoms with Crippen LogP contribution in [0.25, 0.3) is 0 Å². The van der Waals surface area contributed by atoms with Crippen LogP contribution in [0, 0.1) is 5.82 Å². The van der Waals surface area contributed by atoms with Crippen LogP contribution in [0.4, 0.5) is 4.39 Å². The zero-order valence-corrected chi connectivity index (χ0v) is 11.4. The summed E-state index contributed by atoms with van der Waals surface area (Å²) in [6.07, 6.45) is -0.0265. The molecule has 0 amide bonds. The van der Waals surface area contributed by atoms with Gasteiger partial charge in [-0.2, -0.15) is 0 Å². The molecule has 2 rings (SSSR count). The fourth-order valence-electron chi connectivity index (χ4n) is 1.75. The van der Waals surface area contributed by atoms with Crippen LogP contribution in [0.5, 0.6) is 0 Å². The summed E-state index contributed by atoms with van der Waals surface area (Å²) in [6.45, 7) is 0. The number of aliphatic carboxylic acids is 1. The molecule has 0 aromatic heterocycles. The highest BCUT2D eigenvalue weighted by Crippen LogP contribution is 2.14. The third-order valence-corrected chi connectivity index (χ3v) is 4.15. The van der Waals surface area contributed by atoms with Crippen LogP contribution in [0.3, 0.4) is 0 Å². The highest BCUT2D eigenvalue weighted by molar-refractivity contribution is 7.84.